The van der Waals surface area contributed by atoms with Crippen LogP contribution in [-0.2, 0) is 4.65 Å². The van der Waals surface area contributed by atoms with Crippen molar-refractivity contribution < 1.29 is 19.2 Å². The van der Waals surface area contributed by atoms with Gasteiger partial charge in [0.15, 0.2) is 0 Å². The minimum absolute atomic E-state index is 0.525. The molecule has 0 spiro atoms. The zero-order valence-corrected chi connectivity index (χ0v) is 13.6. The highest BCUT2D eigenvalue weighted by molar-refractivity contribution is 9.10. The molecular formula is C14H18BBrO4. The first kappa shape index (κ1) is 15.6. The summed E-state index contributed by atoms with van der Waals surface area (Å²) in [5, 5.41) is 21.3. The maximum Gasteiger partial charge on any atom is 0.495 e. The molecule has 0 atom stereocenters. The molecule has 0 saturated carbocycles. The van der Waals surface area contributed by atoms with Crippen molar-refractivity contribution in [3.05, 3.63) is 28.9 Å². The molecule has 0 radical (unpaired) electrons. The van der Waals surface area contributed by atoms with Gasteiger partial charge < -0.3 is 19.2 Å². The highest BCUT2D eigenvalue weighted by Gasteiger charge is 2.40. The SMILES string of the molecule is CC(C)(O)C(C)(C)OB(O)c1cc(Br)cc2ccoc12. The number of hydrogen-bond acceptors (Lipinski definition) is 4. The molecule has 0 aliphatic heterocycles. The fourth-order valence-electron chi connectivity index (χ4n) is 1.74. The highest BCUT2D eigenvalue weighted by Crippen LogP contribution is 2.26. The number of hydrogen-bond donors (Lipinski definition) is 2. The molecule has 0 aliphatic carbocycles. The second-order valence-corrected chi connectivity index (χ2v) is 6.79. The van der Waals surface area contributed by atoms with E-state index in [-0.39, 0.29) is 0 Å². The van der Waals surface area contributed by atoms with Crippen molar-refractivity contribution in [3.63, 3.8) is 0 Å². The third kappa shape index (κ3) is 2.93. The second-order valence-electron chi connectivity index (χ2n) is 5.87. The second kappa shape index (κ2) is 5.18. The fourth-order valence-corrected chi connectivity index (χ4v) is 2.24. The molecule has 6 heteroatoms. The van der Waals surface area contributed by atoms with Gasteiger partial charge in [-0.15, -0.1) is 0 Å². The predicted octanol–water partition coefficient (Wildman–Crippen LogP) is 2.45. The van der Waals surface area contributed by atoms with Crippen LogP contribution in [0.25, 0.3) is 11.0 Å². The van der Waals surface area contributed by atoms with Gasteiger partial charge in [0, 0.05) is 15.3 Å². The number of rotatable bonds is 4. The van der Waals surface area contributed by atoms with Crippen LogP contribution in [-0.4, -0.2) is 28.5 Å². The van der Waals surface area contributed by atoms with E-state index in [9.17, 15) is 10.1 Å². The Morgan fingerprint density at radius 2 is 1.90 bits per heavy atom. The summed E-state index contributed by atoms with van der Waals surface area (Å²) < 4.78 is 11.9. The van der Waals surface area contributed by atoms with Gasteiger partial charge in [-0.3, -0.25) is 0 Å². The number of benzene rings is 1. The standard InChI is InChI=1S/C14H18BBrO4/c1-13(2,17)14(3,4)20-15(18)11-8-10(16)7-9-5-6-19-12(9)11/h5-8,17-18H,1-4H3. The average Bonchev–Trinajstić information content (AvgIpc) is 2.73. The van der Waals surface area contributed by atoms with Gasteiger partial charge in [-0.25, -0.2) is 0 Å². The van der Waals surface area contributed by atoms with Gasteiger partial charge in [0.1, 0.15) is 5.58 Å². The van der Waals surface area contributed by atoms with Crippen molar-refractivity contribution in [2.24, 2.45) is 0 Å². The van der Waals surface area contributed by atoms with Crippen LogP contribution < -0.4 is 5.46 Å². The molecule has 4 nitrogen and oxygen atoms in total. The Hall–Kier alpha value is -0.815. The maximum absolute atomic E-state index is 10.3. The highest BCUT2D eigenvalue weighted by atomic mass is 79.9. The molecule has 0 fully saturated rings. The number of halogens is 1. The maximum atomic E-state index is 10.3. The van der Waals surface area contributed by atoms with E-state index in [1.165, 1.54) is 0 Å². The fraction of sp³-hybridized carbons (Fsp3) is 0.429. The largest absolute Gasteiger partial charge is 0.495 e. The first-order chi connectivity index (χ1) is 9.12. The van der Waals surface area contributed by atoms with E-state index in [0.717, 1.165) is 9.86 Å². The smallest absolute Gasteiger partial charge is 0.465 e. The van der Waals surface area contributed by atoms with Crippen LogP contribution in [0.2, 0.25) is 0 Å². The van der Waals surface area contributed by atoms with E-state index in [1.807, 2.05) is 12.1 Å². The Morgan fingerprint density at radius 3 is 2.50 bits per heavy atom. The minimum atomic E-state index is -1.19. The van der Waals surface area contributed by atoms with Crippen molar-refractivity contribution >= 4 is 39.5 Å². The molecule has 2 rings (SSSR count). The summed E-state index contributed by atoms with van der Waals surface area (Å²) in [6, 6.07) is 5.46. The van der Waals surface area contributed by atoms with Gasteiger partial charge >= 0.3 is 7.12 Å². The molecule has 108 valence electrons. The Labute approximate surface area is 127 Å². The zero-order valence-electron chi connectivity index (χ0n) is 12.0. The Morgan fingerprint density at radius 1 is 1.25 bits per heavy atom. The van der Waals surface area contributed by atoms with Crippen molar-refractivity contribution in [2.45, 2.75) is 38.9 Å². The molecule has 1 heterocycles. The van der Waals surface area contributed by atoms with Gasteiger partial charge in [-0.2, -0.15) is 0 Å². The molecule has 0 saturated heterocycles. The van der Waals surface area contributed by atoms with Crippen LogP contribution in [0.3, 0.4) is 0 Å². The molecule has 1 aromatic carbocycles. The summed E-state index contributed by atoms with van der Waals surface area (Å²) in [6.45, 7) is 6.74. The monoisotopic (exact) mass is 340 g/mol. The molecule has 0 bridgehead atoms. The van der Waals surface area contributed by atoms with E-state index in [0.29, 0.717) is 11.0 Å². The summed E-state index contributed by atoms with van der Waals surface area (Å²) in [5.74, 6) is 0. The van der Waals surface area contributed by atoms with Crippen molar-refractivity contribution in [1.82, 2.24) is 0 Å². The Bertz CT molecular complexity index is 615. The van der Waals surface area contributed by atoms with Gasteiger partial charge in [0.25, 0.3) is 0 Å². The molecule has 1 aromatic heterocycles. The van der Waals surface area contributed by atoms with E-state index in [4.69, 9.17) is 9.07 Å². The van der Waals surface area contributed by atoms with E-state index in [2.05, 4.69) is 15.9 Å². The average molecular weight is 341 g/mol. The summed E-state index contributed by atoms with van der Waals surface area (Å²) >= 11 is 3.40. The Kier molecular flexibility index (Phi) is 4.04. The zero-order chi connectivity index (χ0) is 15.1. The molecule has 2 aromatic rings. The van der Waals surface area contributed by atoms with Crippen molar-refractivity contribution in [1.29, 1.82) is 0 Å². The minimum Gasteiger partial charge on any atom is -0.465 e. The van der Waals surface area contributed by atoms with Gasteiger partial charge in [0.2, 0.25) is 0 Å². The third-order valence-corrected chi connectivity index (χ3v) is 4.15. The summed E-state index contributed by atoms with van der Waals surface area (Å²) in [4.78, 5) is 0. The molecule has 0 unspecified atom stereocenters. The van der Waals surface area contributed by atoms with Crippen LogP contribution >= 0.6 is 15.9 Å². The summed E-state index contributed by atoms with van der Waals surface area (Å²) in [6.07, 6.45) is 1.56. The lowest BCUT2D eigenvalue weighted by atomic mass is 9.76. The van der Waals surface area contributed by atoms with Crippen LogP contribution in [0.1, 0.15) is 27.7 Å². The summed E-state index contributed by atoms with van der Waals surface area (Å²) in [7, 11) is -1.19. The lowest BCUT2D eigenvalue weighted by Gasteiger charge is -2.38. The number of fused-ring (bicyclic) bond motifs is 1. The van der Waals surface area contributed by atoms with Crippen molar-refractivity contribution in [3.8, 4) is 0 Å². The van der Waals surface area contributed by atoms with Crippen LogP contribution in [0.5, 0.6) is 0 Å². The van der Waals surface area contributed by atoms with Crippen molar-refractivity contribution in [2.75, 3.05) is 0 Å². The molecular weight excluding hydrogens is 323 g/mol. The molecule has 2 N–H and O–H groups in total. The first-order valence-electron chi connectivity index (χ1n) is 6.37. The topological polar surface area (TPSA) is 62.8 Å². The van der Waals surface area contributed by atoms with Crippen LogP contribution in [0.15, 0.2) is 33.4 Å². The van der Waals surface area contributed by atoms with Gasteiger partial charge in [-0.1, -0.05) is 15.9 Å². The van der Waals surface area contributed by atoms with E-state index < -0.39 is 18.3 Å². The lowest BCUT2D eigenvalue weighted by molar-refractivity contribution is -0.0982. The molecule has 20 heavy (non-hydrogen) atoms. The number of furan rings is 1. The normalized spacial score (nSPS) is 12.9. The Balaban J connectivity index is 2.37. The third-order valence-electron chi connectivity index (χ3n) is 3.69. The first-order valence-corrected chi connectivity index (χ1v) is 7.16. The molecule has 0 amide bonds. The van der Waals surface area contributed by atoms with Crippen LogP contribution in [0, 0.1) is 0 Å². The number of aliphatic hydroxyl groups is 1. The summed E-state index contributed by atoms with van der Waals surface area (Å²) in [5.41, 5.74) is -0.917. The van der Waals surface area contributed by atoms with Gasteiger partial charge in [-0.05, 0) is 45.9 Å². The van der Waals surface area contributed by atoms with Crippen LogP contribution in [0.4, 0.5) is 0 Å². The quantitative estimate of drug-likeness (QED) is 0.839. The lowest BCUT2D eigenvalue weighted by Crippen LogP contribution is -2.53. The molecule has 0 aliphatic rings. The van der Waals surface area contributed by atoms with Gasteiger partial charge in [0.05, 0.1) is 17.5 Å². The predicted molar refractivity (Wildman–Crippen MR) is 83.0 cm³/mol. The van der Waals surface area contributed by atoms with E-state index >= 15 is 0 Å². The van der Waals surface area contributed by atoms with E-state index in [1.54, 1.807) is 40.0 Å².